The number of anilines is 1. The summed E-state index contributed by atoms with van der Waals surface area (Å²) in [5, 5.41) is 14.9. The number of hydrogen-bond donors (Lipinski definition) is 2. The third-order valence-electron chi connectivity index (χ3n) is 10.9. The molecule has 5 heterocycles. The molecule has 1 aromatic carbocycles. The highest BCUT2D eigenvalue weighted by Gasteiger charge is 2.46. The van der Waals surface area contributed by atoms with Crippen molar-refractivity contribution in [1.82, 2.24) is 25.3 Å². The number of nitrogens with one attached hydrogen (secondary N) is 1. The molecular weight excluding hydrogens is 784 g/mol. The van der Waals surface area contributed by atoms with Crippen LogP contribution in [0.2, 0.25) is 18.1 Å². The highest BCUT2D eigenvalue weighted by molar-refractivity contribution is 7.92. The Labute approximate surface area is 338 Å². The molecule has 308 valence electrons. The summed E-state index contributed by atoms with van der Waals surface area (Å²) in [6.45, 7) is 12.7. The van der Waals surface area contributed by atoms with Crippen LogP contribution in [0, 0.1) is 12.7 Å². The molecule has 4 aromatic heterocycles. The molecule has 0 atom stereocenters. The number of pyridine rings is 4. The van der Waals surface area contributed by atoms with Gasteiger partial charge in [-0.25, -0.2) is 32.6 Å². The molecule has 0 radical (unpaired) electrons. The van der Waals surface area contributed by atoms with Crippen molar-refractivity contribution < 1.29 is 41.4 Å². The second-order valence-electron chi connectivity index (χ2n) is 16.1. The normalized spacial score (nSPS) is 16.1. The van der Waals surface area contributed by atoms with Gasteiger partial charge in [-0.15, -0.1) is 0 Å². The van der Waals surface area contributed by atoms with Crippen LogP contribution >= 0.6 is 0 Å². The fraction of sp³-hybridized carbons (Fsp3) is 0.415. The Hall–Kier alpha value is -5.42. The Morgan fingerprint density at radius 2 is 1.64 bits per heavy atom. The van der Waals surface area contributed by atoms with Crippen molar-refractivity contribution in [3.63, 3.8) is 0 Å². The number of benzene rings is 1. The first-order chi connectivity index (χ1) is 27.3. The van der Waals surface area contributed by atoms with E-state index in [1.54, 1.807) is 43.9 Å². The van der Waals surface area contributed by atoms with Gasteiger partial charge >= 0.3 is 5.97 Å². The standard InChI is InChI=1S/C24H25FN4O4S.C17H24N2O4Si/c1-15-13-18-19(26-14-15)21(30)20(27-22(18)29-11-3-2-4-12-34(29,32)33)23(31)28-24(9-10-24)16-5-7-17(25)8-6-16;1-17(2,3)24(6,7)23-15-13-11(8-12(21-4)10-19-13)9-18-14(15)16(20)22-5/h5-8,13-14,30H,2-4,9-12H2,1H3,(H,28,31);8-10H,1-7H3. The molecule has 1 aliphatic heterocycles. The molecule has 2 fully saturated rings. The molecule has 0 bridgehead atoms. The number of aromatic nitrogens is 4. The predicted octanol–water partition coefficient (Wildman–Crippen LogP) is 7.33. The van der Waals surface area contributed by atoms with E-state index in [9.17, 15) is 27.5 Å². The van der Waals surface area contributed by atoms with Crippen LogP contribution in [-0.4, -0.2) is 80.2 Å². The van der Waals surface area contributed by atoms with Gasteiger partial charge in [-0.3, -0.25) is 14.1 Å². The van der Waals surface area contributed by atoms with Gasteiger partial charge in [0.1, 0.15) is 22.6 Å². The fourth-order valence-corrected chi connectivity index (χ4v) is 8.99. The summed E-state index contributed by atoms with van der Waals surface area (Å²) in [4.78, 5) is 42.8. The van der Waals surface area contributed by atoms with Crippen LogP contribution in [0.15, 0.2) is 55.0 Å². The molecule has 1 amide bonds. The van der Waals surface area contributed by atoms with E-state index in [0.29, 0.717) is 48.1 Å². The van der Waals surface area contributed by atoms with Crippen LogP contribution in [0.3, 0.4) is 0 Å². The summed E-state index contributed by atoms with van der Waals surface area (Å²) in [5.41, 5.74) is 1.41. The van der Waals surface area contributed by atoms with Gasteiger partial charge in [0, 0.05) is 29.7 Å². The molecule has 5 aromatic rings. The summed E-state index contributed by atoms with van der Waals surface area (Å²) < 4.78 is 57.1. The van der Waals surface area contributed by atoms with E-state index in [2.05, 4.69) is 59.1 Å². The lowest BCUT2D eigenvalue weighted by Gasteiger charge is -2.36. The molecule has 1 saturated heterocycles. The Morgan fingerprint density at radius 3 is 2.28 bits per heavy atom. The number of rotatable bonds is 8. The first-order valence-corrected chi connectivity index (χ1v) is 23.5. The second-order valence-corrected chi connectivity index (χ2v) is 22.9. The zero-order chi connectivity index (χ0) is 42.2. The SMILES string of the molecule is COC(=O)c1ncc2cc(OC)cnc2c1O[Si](C)(C)C(C)(C)C.Cc1cnc2c(O)c(C(=O)NC3(c4ccc(F)cc4)CC3)nc(N3CCCCCS3(=O)=O)c2c1. The third kappa shape index (κ3) is 8.55. The number of halogens is 1. The van der Waals surface area contributed by atoms with Gasteiger partial charge in [-0.05, 0) is 86.1 Å². The number of amides is 1. The Morgan fingerprint density at radius 1 is 0.948 bits per heavy atom. The van der Waals surface area contributed by atoms with E-state index < -0.39 is 41.5 Å². The number of carbonyl (C=O) groups excluding carboxylic acids is 2. The lowest BCUT2D eigenvalue weighted by atomic mass is 10.0. The van der Waals surface area contributed by atoms with Gasteiger partial charge < -0.3 is 24.3 Å². The van der Waals surface area contributed by atoms with Crippen LogP contribution in [0.1, 0.15) is 85.0 Å². The lowest BCUT2D eigenvalue weighted by Crippen LogP contribution is -2.44. The van der Waals surface area contributed by atoms with E-state index in [0.717, 1.165) is 22.9 Å². The summed E-state index contributed by atoms with van der Waals surface area (Å²) in [6, 6.07) is 9.44. The number of aryl methyl sites for hydroxylation is 1. The van der Waals surface area contributed by atoms with Gasteiger partial charge in [0.2, 0.25) is 10.0 Å². The number of nitrogens with zero attached hydrogens (tertiary/aromatic N) is 5. The number of fused-ring (bicyclic) bond motifs is 2. The summed E-state index contributed by atoms with van der Waals surface area (Å²) in [5.74, 6) is -0.862. The van der Waals surface area contributed by atoms with Gasteiger partial charge in [0.25, 0.3) is 14.2 Å². The number of methoxy groups -OCH3 is 2. The highest BCUT2D eigenvalue weighted by Crippen LogP contribution is 2.46. The largest absolute Gasteiger partial charge is 0.540 e. The number of aromatic hydroxyl groups is 1. The van der Waals surface area contributed by atoms with Crippen molar-refractivity contribution in [3.05, 3.63) is 83.3 Å². The Balaban J connectivity index is 0.000000209. The fourth-order valence-electron chi connectivity index (χ4n) is 6.38. The minimum atomic E-state index is -3.65. The maximum Gasteiger partial charge on any atom is 0.360 e. The van der Waals surface area contributed by atoms with Crippen LogP contribution in [0.5, 0.6) is 17.2 Å². The lowest BCUT2D eigenvalue weighted by molar-refractivity contribution is 0.0591. The maximum absolute atomic E-state index is 13.4. The molecule has 2 aliphatic rings. The molecule has 1 aliphatic carbocycles. The number of sulfonamides is 1. The van der Waals surface area contributed by atoms with Gasteiger partial charge in [0.15, 0.2) is 28.7 Å². The predicted molar refractivity (Wildman–Crippen MR) is 221 cm³/mol. The van der Waals surface area contributed by atoms with E-state index in [1.165, 1.54) is 23.5 Å². The van der Waals surface area contributed by atoms with Crippen molar-refractivity contribution in [1.29, 1.82) is 0 Å². The van der Waals surface area contributed by atoms with Gasteiger partial charge in [-0.1, -0.05) is 39.3 Å². The van der Waals surface area contributed by atoms with Gasteiger partial charge in [-0.2, -0.15) is 0 Å². The molecule has 0 spiro atoms. The second kappa shape index (κ2) is 16.1. The van der Waals surface area contributed by atoms with Crippen molar-refractivity contribution in [3.8, 4) is 17.2 Å². The van der Waals surface area contributed by atoms with Crippen LogP contribution in [0.25, 0.3) is 21.8 Å². The van der Waals surface area contributed by atoms with Crippen molar-refractivity contribution in [2.24, 2.45) is 0 Å². The summed E-state index contributed by atoms with van der Waals surface area (Å²) in [6.07, 6.45) is 8.03. The number of carbonyl (C=O) groups is 2. The van der Waals surface area contributed by atoms with E-state index >= 15 is 0 Å². The minimum Gasteiger partial charge on any atom is -0.540 e. The van der Waals surface area contributed by atoms with Crippen LogP contribution in [-0.2, 0) is 20.3 Å². The quantitative estimate of drug-likeness (QED) is 0.117. The molecule has 0 unspecified atom stereocenters. The number of ether oxygens (including phenoxy) is 2. The molecule has 17 heteroatoms. The number of hydrogen-bond acceptors (Lipinski definition) is 12. The Bertz CT molecular complexity index is 2490. The molecule has 1 saturated carbocycles. The van der Waals surface area contributed by atoms with E-state index in [1.807, 2.05) is 13.0 Å². The monoisotopic (exact) mass is 832 g/mol. The zero-order valence-corrected chi connectivity index (χ0v) is 35.8. The molecule has 2 N–H and O–H groups in total. The average molecular weight is 833 g/mol. The maximum atomic E-state index is 13.4. The third-order valence-corrected chi connectivity index (χ3v) is 17.1. The van der Waals surface area contributed by atoms with E-state index in [-0.39, 0.29) is 45.9 Å². The van der Waals surface area contributed by atoms with E-state index in [4.69, 9.17) is 13.9 Å². The van der Waals surface area contributed by atoms with Crippen LogP contribution in [0.4, 0.5) is 10.2 Å². The summed E-state index contributed by atoms with van der Waals surface area (Å²) in [7, 11) is -2.94. The molecule has 14 nitrogen and oxygen atoms in total. The minimum absolute atomic E-state index is 0.00843. The smallest absolute Gasteiger partial charge is 0.360 e. The number of esters is 1. The van der Waals surface area contributed by atoms with Crippen molar-refractivity contribution >= 4 is 57.8 Å². The van der Waals surface area contributed by atoms with Crippen molar-refractivity contribution in [2.45, 2.75) is 83.5 Å². The van der Waals surface area contributed by atoms with Crippen LogP contribution < -0.4 is 18.8 Å². The molecular formula is C41H49FN6O8SSi. The first-order valence-electron chi connectivity index (χ1n) is 19.0. The highest BCUT2D eigenvalue weighted by atomic mass is 32.2. The molecule has 58 heavy (non-hydrogen) atoms. The average Bonchev–Trinajstić information content (AvgIpc) is 3.98. The summed E-state index contributed by atoms with van der Waals surface area (Å²) >= 11 is 0. The first kappa shape index (κ1) is 42.2. The Kier molecular flexibility index (Phi) is 11.7. The molecule has 7 rings (SSSR count). The topological polar surface area (TPSA) is 183 Å². The zero-order valence-electron chi connectivity index (χ0n) is 34.0. The van der Waals surface area contributed by atoms with Crippen molar-refractivity contribution in [2.75, 3.05) is 30.8 Å². The van der Waals surface area contributed by atoms with Gasteiger partial charge in [0.05, 0.1) is 31.7 Å².